The highest BCUT2D eigenvalue weighted by atomic mass is 79.9. The summed E-state index contributed by atoms with van der Waals surface area (Å²) in [6.45, 7) is 5.49. The Morgan fingerprint density at radius 3 is 2.41 bits per heavy atom. The third kappa shape index (κ3) is 2.00. The lowest BCUT2D eigenvalue weighted by molar-refractivity contribution is -0.0880. The van der Waals surface area contributed by atoms with Crippen molar-refractivity contribution in [2.24, 2.45) is 11.8 Å². The summed E-state index contributed by atoms with van der Waals surface area (Å²) >= 11 is 3.59. The van der Waals surface area contributed by atoms with Crippen LogP contribution in [0.2, 0.25) is 0 Å². The second-order valence-corrected chi connectivity index (χ2v) is 5.83. The van der Waals surface area contributed by atoms with E-state index in [1.807, 2.05) is 18.2 Å². The maximum Gasteiger partial charge on any atom is 0.0669 e. The molecule has 1 aromatic rings. The molecule has 0 bridgehead atoms. The van der Waals surface area contributed by atoms with Crippen molar-refractivity contribution in [3.63, 3.8) is 0 Å². The van der Waals surface area contributed by atoms with Gasteiger partial charge in [0.25, 0.3) is 0 Å². The standard InChI is InChI=1S/C14H16BrNO/c1-10(2)12(7-16)14(8-17-9-14)11-5-3-4-6-13(11)15/h3-6,10,12H,8-9H2,1-2H3. The Bertz CT molecular complexity index is 446. The van der Waals surface area contributed by atoms with Crippen LogP contribution < -0.4 is 0 Å². The van der Waals surface area contributed by atoms with Crippen LogP contribution in [0.25, 0.3) is 0 Å². The van der Waals surface area contributed by atoms with E-state index in [9.17, 15) is 5.26 Å². The molecule has 0 N–H and O–H groups in total. The van der Waals surface area contributed by atoms with Gasteiger partial charge in [0.1, 0.15) is 0 Å². The van der Waals surface area contributed by atoms with Gasteiger partial charge in [-0.2, -0.15) is 5.26 Å². The van der Waals surface area contributed by atoms with Crippen molar-refractivity contribution >= 4 is 15.9 Å². The SMILES string of the molecule is CC(C)C(C#N)C1(c2ccccc2Br)COC1. The molecule has 1 aromatic carbocycles. The topological polar surface area (TPSA) is 33.0 Å². The normalized spacial score (nSPS) is 19.5. The molecule has 90 valence electrons. The Hall–Kier alpha value is -0.850. The lowest BCUT2D eigenvalue weighted by Gasteiger charge is -2.46. The maximum absolute atomic E-state index is 9.43. The lowest BCUT2D eigenvalue weighted by atomic mass is 9.65. The van der Waals surface area contributed by atoms with Crippen LogP contribution in [0, 0.1) is 23.2 Å². The molecule has 0 aliphatic carbocycles. The van der Waals surface area contributed by atoms with Gasteiger partial charge in [0.2, 0.25) is 0 Å². The van der Waals surface area contributed by atoms with E-state index in [0.29, 0.717) is 19.1 Å². The molecule has 3 heteroatoms. The van der Waals surface area contributed by atoms with Gasteiger partial charge in [-0.1, -0.05) is 48.0 Å². The highest BCUT2D eigenvalue weighted by Crippen LogP contribution is 2.45. The molecule has 1 saturated heterocycles. The van der Waals surface area contributed by atoms with E-state index in [-0.39, 0.29) is 11.3 Å². The number of ether oxygens (including phenoxy) is 1. The van der Waals surface area contributed by atoms with Crippen LogP contribution in [0.3, 0.4) is 0 Å². The van der Waals surface area contributed by atoms with Crippen LogP contribution in [0.1, 0.15) is 19.4 Å². The zero-order chi connectivity index (χ0) is 12.5. The van der Waals surface area contributed by atoms with Gasteiger partial charge in [-0.15, -0.1) is 0 Å². The van der Waals surface area contributed by atoms with E-state index < -0.39 is 0 Å². The fourth-order valence-electron chi connectivity index (χ4n) is 2.60. The lowest BCUT2D eigenvalue weighted by Crippen LogP contribution is -2.53. The van der Waals surface area contributed by atoms with Gasteiger partial charge in [-0.25, -0.2) is 0 Å². The van der Waals surface area contributed by atoms with Crippen LogP contribution in [-0.2, 0) is 10.2 Å². The summed E-state index contributed by atoms with van der Waals surface area (Å²) in [5.41, 5.74) is 1.06. The number of nitrogens with zero attached hydrogens (tertiary/aromatic N) is 1. The summed E-state index contributed by atoms with van der Waals surface area (Å²) in [6.07, 6.45) is 0. The molecule has 1 aliphatic heterocycles. The Morgan fingerprint density at radius 2 is 2.00 bits per heavy atom. The van der Waals surface area contributed by atoms with Crippen LogP contribution >= 0.6 is 15.9 Å². The van der Waals surface area contributed by atoms with Crippen molar-refractivity contribution < 1.29 is 4.74 Å². The quantitative estimate of drug-likeness (QED) is 0.854. The van der Waals surface area contributed by atoms with Gasteiger partial charge in [0, 0.05) is 4.47 Å². The molecular weight excluding hydrogens is 278 g/mol. The predicted octanol–water partition coefficient (Wildman–Crippen LogP) is 3.51. The molecule has 0 radical (unpaired) electrons. The van der Waals surface area contributed by atoms with Gasteiger partial charge >= 0.3 is 0 Å². The minimum absolute atomic E-state index is 0.00468. The van der Waals surface area contributed by atoms with Crippen molar-refractivity contribution in [2.75, 3.05) is 13.2 Å². The minimum atomic E-state index is -0.136. The van der Waals surface area contributed by atoms with E-state index in [2.05, 4.69) is 41.9 Å². The first kappa shape index (κ1) is 12.6. The summed E-state index contributed by atoms with van der Waals surface area (Å²) in [5.74, 6) is 0.325. The van der Waals surface area contributed by atoms with Crippen molar-refractivity contribution in [1.82, 2.24) is 0 Å². The fourth-order valence-corrected chi connectivity index (χ4v) is 3.28. The smallest absolute Gasteiger partial charge is 0.0669 e. The van der Waals surface area contributed by atoms with Gasteiger partial charge in [0.15, 0.2) is 0 Å². The van der Waals surface area contributed by atoms with Crippen LogP contribution in [0.4, 0.5) is 0 Å². The average Bonchev–Trinajstić information content (AvgIpc) is 2.24. The third-order valence-electron chi connectivity index (χ3n) is 3.53. The molecule has 2 rings (SSSR count). The van der Waals surface area contributed by atoms with Gasteiger partial charge in [0.05, 0.1) is 30.6 Å². The van der Waals surface area contributed by atoms with Gasteiger partial charge in [-0.3, -0.25) is 0 Å². The van der Waals surface area contributed by atoms with E-state index in [1.54, 1.807) is 0 Å². The highest BCUT2D eigenvalue weighted by molar-refractivity contribution is 9.10. The van der Waals surface area contributed by atoms with Gasteiger partial charge in [-0.05, 0) is 17.5 Å². The second kappa shape index (κ2) is 4.80. The molecule has 0 saturated carbocycles. The molecule has 0 amide bonds. The zero-order valence-electron chi connectivity index (χ0n) is 10.1. The van der Waals surface area contributed by atoms with E-state index in [0.717, 1.165) is 4.47 Å². The molecule has 0 aromatic heterocycles. The van der Waals surface area contributed by atoms with Crippen LogP contribution in [0.15, 0.2) is 28.7 Å². The number of hydrogen-bond acceptors (Lipinski definition) is 2. The third-order valence-corrected chi connectivity index (χ3v) is 4.22. The number of hydrogen-bond donors (Lipinski definition) is 0. The summed E-state index contributed by atoms with van der Waals surface area (Å²) in [7, 11) is 0. The molecular formula is C14H16BrNO. The van der Waals surface area contributed by atoms with E-state index >= 15 is 0 Å². The summed E-state index contributed by atoms with van der Waals surface area (Å²) in [6, 6.07) is 10.6. The molecule has 1 heterocycles. The van der Waals surface area contributed by atoms with Crippen LogP contribution in [-0.4, -0.2) is 13.2 Å². The predicted molar refractivity (Wildman–Crippen MR) is 70.6 cm³/mol. The molecule has 0 spiro atoms. The first-order valence-electron chi connectivity index (χ1n) is 5.84. The number of rotatable bonds is 3. The second-order valence-electron chi connectivity index (χ2n) is 4.98. The minimum Gasteiger partial charge on any atom is -0.379 e. The molecule has 17 heavy (non-hydrogen) atoms. The Morgan fingerprint density at radius 1 is 1.35 bits per heavy atom. The Kier molecular flexibility index (Phi) is 3.56. The monoisotopic (exact) mass is 293 g/mol. The van der Waals surface area contributed by atoms with Crippen LogP contribution in [0.5, 0.6) is 0 Å². The highest BCUT2D eigenvalue weighted by Gasteiger charge is 2.49. The largest absolute Gasteiger partial charge is 0.379 e. The van der Waals surface area contributed by atoms with Crippen molar-refractivity contribution in [2.45, 2.75) is 19.3 Å². The number of halogens is 1. The Balaban J connectivity index is 2.45. The van der Waals surface area contributed by atoms with Crippen molar-refractivity contribution in [3.8, 4) is 6.07 Å². The summed E-state index contributed by atoms with van der Waals surface area (Å²) in [4.78, 5) is 0. The first-order valence-corrected chi connectivity index (χ1v) is 6.63. The Labute approximate surface area is 111 Å². The number of nitriles is 1. The zero-order valence-corrected chi connectivity index (χ0v) is 11.7. The molecule has 1 unspecified atom stereocenters. The van der Waals surface area contributed by atoms with Crippen molar-refractivity contribution in [1.29, 1.82) is 5.26 Å². The molecule has 1 atom stereocenters. The molecule has 1 aliphatic rings. The summed E-state index contributed by atoms with van der Waals surface area (Å²) in [5, 5.41) is 9.43. The molecule has 1 fully saturated rings. The van der Waals surface area contributed by atoms with Crippen molar-refractivity contribution in [3.05, 3.63) is 34.3 Å². The summed E-state index contributed by atoms with van der Waals surface area (Å²) < 4.78 is 6.48. The van der Waals surface area contributed by atoms with Gasteiger partial charge < -0.3 is 4.74 Å². The van der Waals surface area contributed by atoms with E-state index in [1.165, 1.54) is 5.56 Å². The van der Waals surface area contributed by atoms with E-state index in [4.69, 9.17) is 4.74 Å². The first-order chi connectivity index (χ1) is 8.12. The fraction of sp³-hybridized carbons (Fsp3) is 0.500. The average molecular weight is 294 g/mol. The number of benzene rings is 1. The maximum atomic E-state index is 9.43. The molecule has 2 nitrogen and oxygen atoms in total.